The van der Waals surface area contributed by atoms with Crippen molar-refractivity contribution in [2.45, 2.75) is 52.2 Å². The average Bonchev–Trinajstić information content (AvgIpc) is 3.17. The number of aromatic nitrogens is 2. The molecule has 3 atom stereocenters. The van der Waals surface area contributed by atoms with Gasteiger partial charge in [-0.05, 0) is 38.6 Å². The molecule has 8 nitrogen and oxygen atoms in total. The van der Waals surface area contributed by atoms with E-state index in [4.69, 9.17) is 26.4 Å². The molecule has 9 heteroatoms. The number of aryl methyl sites for hydroxylation is 1. The van der Waals surface area contributed by atoms with E-state index in [1.807, 2.05) is 49.1 Å². The van der Waals surface area contributed by atoms with Gasteiger partial charge in [-0.15, -0.1) is 0 Å². The second kappa shape index (κ2) is 10.7. The molecular weight excluding hydrogens is 418 g/mol. The summed E-state index contributed by atoms with van der Waals surface area (Å²) in [7, 11) is 0. The van der Waals surface area contributed by atoms with Gasteiger partial charge in [-0.2, -0.15) is 0 Å². The van der Waals surface area contributed by atoms with Crippen LogP contribution in [0.1, 0.15) is 37.6 Å². The van der Waals surface area contributed by atoms with Crippen molar-refractivity contribution < 1.29 is 14.2 Å². The number of nitrogens with one attached hydrogen (secondary N) is 1. The molecule has 0 saturated carbocycles. The highest BCUT2D eigenvalue weighted by atomic mass is 32.1. The minimum atomic E-state index is -0.570. The van der Waals surface area contributed by atoms with E-state index in [9.17, 15) is 9.59 Å². The zero-order chi connectivity index (χ0) is 22.4. The second-order valence-corrected chi connectivity index (χ2v) is 7.78. The first-order chi connectivity index (χ1) is 14.9. The number of rotatable bonds is 8. The zero-order valence-electron chi connectivity index (χ0n) is 18.1. The van der Waals surface area contributed by atoms with Crippen LogP contribution in [0.3, 0.4) is 0 Å². The third kappa shape index (κ3) is 5.81. The molecule has 2 heterocycles. The summed E-state index contributed by atoms with van der Waals surface area (Å²) >= 11 is 5.38. The maximum absolute atomic E-state index is 12.3. The van der Waals surface area contributed by atoms with Gasteiger partial charge in [-0.25, -0.2) is 4.79 Å². The predicted octanol–water partition coefficient (Wildman–Crippen LogP) is 2.36. The van der Waals surface area contributed by atoms with Gasteiger partial charge in [0.1, 0.15) is 18.9 Å². The van der Waals surface area contributed by atoms with Crippen LogP contribution in [-0.2, 0) is 20.8 Å². The Labute approximate surface area is 186 Å². The molecule has 2 aromatic rings. The third-order valence-electron chi connectivity index (χ3n) is 5.34. The van der Waals surface area contributed by atoms with Gasteiger partial charge in [0.15, 0.2) is 0 Å². The summed E-state index contributed by atoms with van der Waals surface area (Å²) in [5.74, 6) is 0. The number of ether oxygens (including phenoxy) is 3. The Hall–Kier alpha value is -2.49. The number of benzene rings is 1. The lowest BCUT2D eigenvalue weighted by Gasteiger charge is -2.24. The fraction of sp³-hybridized carbons (Fsp3) is 0.500. The van der Waals surface area contributed by atoms with Crippen molar-refractivity contribution in [2.24, 2.45) is 0 Å². The van der Waals surface area contributed by atoms with Crippen molar-refractivity contribution in [1.82, 2.24) is 14.5 Å². The number of H-pyrrole nitrogens is 1. The van der Waals surface area contributed by atoms with E-state index in [0.717, 1.165) is 18.7 Å². The van der Waals surface area contributed by atoms with Crippen molar-refractivity contribution in [3.63, 3.8) is 0 Å². The van der Waals surface area contributed by atoms with E-state index < -0.39 is 23.6 Å². The van der Waals surface area contributed by atoms with Gasteiger partial charge in [0.25, 0.3) is 10.7 Å². The lowest BCUT2D eigenvalue weighted by molar-refractivity contribution is -0.0647. The number of nitrogens with zero attached hydrogens (tertiary/aromatic N) is 2. The Kier molecular flexibility index (Phi) is 8.00. The Morgan fingerprint density at radius 3 is 2.65 bits per heavy atom. The maximum Gasteiger partial charge on any atom is 0.330 e. The molecule has 1 aromatic heterocycles. The largest absolute Gasteiger partial charge is 0.468 e. The summed E-state index contributed by atoms with van der Waals surface area (Å²) in [6, 6.07) is 9.85. The minimum absolute atomic E-state index is 0.211. The van der Waals surface area contributed by atoms with Gasteiger partial charge in [0.05, 0.1) is 12.7 Å². The zero-order valence-corrected chi connectivity index (χ0v) is 18.9. The van der Waals surface area contributed by atoms with E-state index >= 15 is 0 Å². The molecule has 0 amide bonds. The van der Waals surface area contributed by atoms with Gasteiger partial charge in [0.2, 0.25) is 0 Å². The summed E-state index contributed by atoms with van der Waals surface area (Å²) < 4.78 is 19.5. The third-order valence-corrected chi connectivity index (χ3v) is 5.71. The van der Waals surface area contributed by atoms with Gasteiger partial charge in [-0.3, -0.25) is 14.3 Å². The summed E-state index contributed by atoms with van der Waals surface area (Å²) in [6.07, 6.45) is 0.679. The van der Waals surface area contributed by atoms with Crippen molar-refractivity contribution in [1.29, 1.82) is 0 Å². The van der Waals surface area contributed by atoms with Crippen molar-refractivity contribution in [3.8, 4) is 0 Å². The Balaban J connectivity index is 1.74. The fourth-order valence-electron chi connectivity index (χ4n) is 3.50. The summed E-state index contributed by atoms with van der Waals surface area (Å²) in [5.41, 5.74) is 0.567. The highest BCUT2D eigenvalue weighted by molar-refractivity contribution is 7.80. The minimum Gasteiger partial charge on any atom is -0.468 e. The van der Waals surface area contributed by atoms with Crippen LogP contribution in [0.5, 0.6) is 0 Å². The van der Waals surface area contributed by atoms with Gasteiger partial charge in [-0.1, -0.05) is 30.3 Å². The number of hydrogen-bond acceptors (Lipinski definition) is 6. The maximum atomic E-state index is 12.3. The molecule has 1 fully saturated rings. The molecule has 0 bridgehead atoms. The quantitative estimate of drug-likeness (QED) is 0.622. The van der Waals surface area contributed by atoms with Crippen LogP contribution < -0.4 is 11.2 Å². The molecule has 1 aliphatic heterocycles. The van der Waals surface area contributed by atoms with Crippen molar-refractivity contribution >= 4 is 17.4 Å². The van der Waals surface area contributed by atoms with Crippen molar-refractivity contribution in [3.05, 3.63) is 68.5 Å². The monoisotopic (exact) mass is 447 g/mol. The van der Waals surface area contributed by atoms with Crippen LogP contribution in [0.25, 0.3) is 0 Å². The van der Waals surface area contributed by atoms with Gasteiger partial charge in [0, 0.05) is 31.3 Å². The molecule has 1 N–H and O–H groups in total. The van der Waals surface area contributed by atoms with Crippen LogP contribution in [0.4, 0.5) is 0 Å². The topological polar surface area (TPSA) is 85.8 Å². The van der Waals surface area contributed by atoms with Crippen molar-refractivity contribution in [2.75, 3.05) is 19.7 Å². The molecule has 0 radical (unpaired) electrons. The van der Waals surface area contributed by atoms with E-state index in [2.05, 4.69) is 4.98 Å². The lowest BCUT2D eigenvalue weighted by atomic mass is 10.1. The van der Waals surface area contributed by atoms with Crippen LogP contribution in [0.2, 0.25) is 0 Å². The van der Waals surface area contributed by atoms with Crippen LogP contribution >= 0.6 is 12.2 Å². The first-order valence-electron chi connectivity index (χ1n) is 10.5. The molecule has 31 heavy (non-hydrogen) atoms. The molecule has 3 rings (SSSR count). The smallest absolute Gasteiger partial charge is 0.330 e. The first kappa shape index (κ1) is 23.2. The number of thiocarbonyl (C=S) groups is 1. The van der Waals surface area contributed by atoms with Crippen LogP contribution in [0, 0.1) is 6.92 Å². The summed E-state index contributed by atoms with van der Waals surface area (Å²) in [6.45, 7) is 7.81. The van der Waals surface area contributed by atoms with E-state index in [0.29, 0.717) is 23.8 Å². The normalized spacial score (nSPS) is 20.5. The van der Waals surface area contributed by atoms with E-state index in [1.165, 1.54) is 10.8 Å². The number of hydrogen-bond donors (Lipinski definition) is 1. The molecule has 1 saturated heterocycles. The standard InChI is InChI=1S/C22H29N3O5S/c1-4-24(5-2)22(31)29-14-18-17(28-13-16-9-7-6-8-10-16)11-19(30-18)25-12-15(3)20(26)23-21(25)27/h6-10,12,17-19H,4-5,11,13-14H2,1-3H3,(H,23,26,27)/t17-,18+,19-/m0/s1. The molecule has 168 valence electrons. The Morgan fingerprint density at radius 1 is 1.26 bits per heavy atom. The highest BCUT2D eigenvalue weighted by Crippen LogP contribution is 2.31. The Morgan fingerprint density at radius 2 is 1.97 bits per heavy atom. The molecule has 0 aliphatic carbocycles. The summed E-state index contributed by atoms with van der Waals surface area (Å²) in [5, 5.41) is 0.413. The number of aromatic amines is 1. The Bertz CT molecular complexity index is 987. The fourth-order valence-corrected chi connectivity index (χ4v) is 3.83. The van der Waals surface area contributed by atoms with Gasteiger partial charge < -0.3 is 19.1 Å². The first-order valence-corrected chi connectivity index (χ1v) is 10.9. The molecule has 1 aromatic carbocycles. The highest BCUT2D eigenvalue weighted by Gasteiger charge is 2.38. The molecule has 1 aliphatic rings. The SMILES string of the molecule is CCN(CC)C(=S)OC[C@H]1O[C@H](n2cc(C)c(=O)[nH]c2=O)C[C@@H]1OCc1ccccc1. The van der Waals surface area contributed by atoms with Gasteiger partial charge >= 0.3 is 5.69 Å². The van der Waals surface area contributed by atoms with Crippen LogP contribution in [0.15, 0.2) is 46.1 Å². The second-order valence-electron chi connectivity index (χ2n) is 7.43. The summed E-state index contributed by atoms with van der Waals surface area (Å²) in [4.78, 5) is 28.3. The predicted molar refractivity (Wildman–Crippen MR) is 121 cm³/mol. The average molecular weight is 448 g/mol. The van der Waals surface area contributed by atoms with E-state index in [1.54, 1.807) is 6.92 Å². The lowest BCUT2D eigenvalue weighted by Crippen LogP contribution is -2.36. The van der Waals surface area contributed by atoms with Crippen LogP contribution in [-0.4, -0.2) is 51.5 Å². The molecular formula is C22H29N3O5S. The molecule has 0 unspecified atom stereocenters. The molecule has 0 spiro atoms. The van der Waals surface area contributed by atoms with E-state index in [-0.39, 0.29) is 12.7 Å².